The molecule has 8 heteroatoms. The Balaban J connectivity index is 2.58. The summed E-state index contributed by atoms with van der Waals surface area (Å²) in [5.41, 5.74) is 6.30. The topological polar surface area (TPSA) is 86.2 Å². The molecule has 0 bridgehead atoms. The Bertz CT molecular complexity index is 728. The summed E-state index contributed by atoms with van der Waals surface area (Å²) in [5, 5.41) is 3.63. The van der Waals surface area contributed by atoms with Gasteiger partial charge in [-0.1, -0.05) is 16.8 Å². The zero-order chi connectivity index (χ0) is 14.2. The van der Waals surface area contributed by atoms with E-state index in [1.165, 1.54) is 12.1 Å². The van der Waals surface area contributed by atoms with Crippen LogP contribution in [0, 0.1) is 5.82 Å². The van der Waals surface area contributed by atoms with Crippen LogP contribution in [-0.2, 0) is 15.6 Å². The minimum Gasteiger partial charge on any atom is -0.380 e. The molecule has 2 N–H and O–H groups in total. The largest absolute Gasteiger partial charge is 0.380 e. The number of benzene rings is 1. The minimum atomic E-state index is -3.32. The first-order valence-corrected chi connectivity index (χ1v) is 7.59. The Morgan fingerprint density at radius 1 is 1.47 bits per heavy atom. The van der Waals surface area contributed by atoms with Crippen molar-refractivity contribution in [3.63, 3.8) is 0 Å². The zero-order valence-corrected chi connectivity index (χ0v) is 11.4. The number of nitrogens with two attached hydrogens (primary N) is 1. The molecule has 0 radical (unpaired) electrons. The predicted molar refractivity (Wildman–Crippen MR) is 69.9 cm³/mol. The molecule has 0 saturated heterocycles. The fourth-order valence-electron chi connectivity index (χ4n) is 1.66. The zero-order valence-electron chi connectivity index (χ0n) is 9.85. The number of nitrogen functional groups attached to an aromatic ring is 1. The fourth-order valence-corrected chi connectivity index (χ4v) is 2.59. The van der Waals surface area contributed by atoms with E-state index in [-0.39, 0.29) is 27.9 Å². The maximum atomic E-state index is 13.0. The predicted octanol–water partition coefficient (Wildman–Crippen LogP) is 2.26. The maximum absolute atomic E-state index is 13.0. The summed E-state index contributed by atoms with van der Waals surface area (Å²) in [6, 6.07) is 3.69. The van der Waals surface area contributed by atoms with Gasteiger partial charge in [-0.05, 0) is 18.2 Å². The van der Waals surface area contributed by atoms with Crippen LogP contribution in [0.2, 0.25) is 5.02 Å². The van der Waals surface area contributed by atoms with E-state index in [4.69, 9.17) is 21.9 Å². The lowest BCUT2D eigenvalue weighted by Crippen LogP contribution is -2.01. The average Bonchev–Trinajstić information content (AvgIpc) is 2.58. The Kier molecular flexibility index (Phi) is 3.51. The lowest BCUT2D eigenvalue weighted by atomic mass is 10.1. The van der Waals surface area contributed by atoms with E-state index in [0.29, 0.717) is 5.56 Å². The standard InChI is InChI=1S/C11H10ClFN2O3S/c1-19(16,17)5-9-10(11(14)15-18-9)7-3-2-6(13)4-8(7)12/h2-4H,5H2,1H3,(H2,14,15). The van der Waals surface area contributed by atoms with E-state index in [9.17, 15) is 12.8 Å². The Labute approximate surface area is 114 Å². The van der Waals surface area contributed by atoms with Gasteiger partial charge in [0.2, 0.25) is 0 Å². The monoisotopic (exact) mass is 304 g/mol. The number of halogens is 2. The van der Waals surface area contributed by atoms with Gasteiger partial charge in [0.1, 0.15) is 11.6 Å². The van der Waals surface area contributed by atoms with Gasteiger partial charge < -0.3 is 10.3 Å². The van der Waals surface area contributed by atoms with Gasteiger partial charge >= 0.3 is 0 Å². The van der Waals surface area contributed by atoms with Crippen molar-refractivity contribution in [2.75, 3.05) is 12.0 Å². The number of hydrogen-bond acceptors (Lipinski definition) is 5. The third-order valence-electron chi connectivity index (χ3n) is 2.38. The number of sulfone groups is 1. The van der Waals surface area contributed by atoms with Gasteiger partial charge in [0.05, 0.1) is 10.6 Å². The molecule has 0 amide bonds. The van der Waals surface area contributed by atoms with E-state index in [0.717, 1.165) is 12.3 Å². The number of hydrogen-bond donors (Lipinski definition) is 1. The highest BCUT2D eigenvalue weighted by molar-refractivity contribution is 7.89. The number of rotatable bonds is 3. The SMILES string of the molecule is CS(=O)(=O)Cc1onc(N)c1-c1ccc(F)cc1Cl. The molecule has 1 aromatic carbocycles. The van der Waals surface area contributed by atoms with Crippen LogP contribution < -0.4 is 5.73 Å². The summed E-state index contributed by atoms with van der Waals surface area (Å²) in [7, 11) is -3.32. The van der Waals surface area contributed by atoms with Gasteiger partial charge in [-0.3, -0.25) is 0 Å². The first-order valence-electron chi connectivity index (χ1n) is 5.15. The first kappa shape index (κ1) is 13.8. The molecule has 0 aliphatic heterocycles. The second-order valence-electron chi connectivity index (χ2n) is 4.06. The van der Waals surface area contributed by atoms with Crippen molar-refractivity contribution in [2.24, 2.45) is 0 Å². The molecule has 0 aliphatic carbocycles. The molecule has 19 heavy (non-hydrogen) atoms. The highest BCUT2D eigenvalue weighted by Crippen LogP contribution is 2.35. The van der Waals surface area contributed by atoms with Crippen molar-refractivity contribution in [2.45, 2.75) is 5.75 Å². The molecule has 0 aliphatic rings. The molecule has 1 heterocycles. The van der Waals surface area contributed by atoms with E-state index in [1.54, 1.807) is 0 Å². The number of nitrogens with zero attached hydrogens (tertiary/aromatic N) is 1. The van der Waals surface area contributed by atoms with Crippen LogP contribution in [0.5, 0.6) is 0 Å². The molecule has 0 saturated carbocycles. The quantitative estimate of drug-likeness (QED) is 0.940. The van der Waals surface area contributed by atoms with Crippen molar-refractivity contribution in [1.82, 2.24) is 5.16 Å². The highest BCUT2D eigenvalue weighted by atomic mass is 35.5. The number of anilines is 1. The van der Waals surface area contributed by atoms with Crippen molar-refractivity contribution in [3.05, 3.63) is 34.8 Å². The number of aromatic nitrogens is 1. The molecular weight excluding hydrogens is 295 g/mol. The van der Waals surface area contributed by atoms with E-state index in [1.807, 2.05) is 0 Å². The second-order valence-corrected chi connectivity index (χ2v) is 6.61. The van der Waals surface area contributed by atoms with Crippen LogP contribution >= 0.6 is 11.6 Å². The second kappa shape index (κ2) is 4.82. The Morgan fingerprint density at radius 3 is 2.74 bits per heavy atom. The molecule has 102 valence electrons. The van der Waals surface area contributed by atoms with Gasteiger partial charge in [0, 0.05) is 11.8 Å². The van der Waals surface area contributed by atoms with Crippen LogP contribution in [0.3, 0.4) is 0 Å². The van der Waals surface area contributed by atoms with Crippen LogP contribution in [0.1, 0.15) is 5.76 Å². The minimum absolute atomic E-state index is 0.00663. The lowest BCUT2D eigenvalue weighted by Gasteiger charge is -2.04. The third-order valence-corrected chi connectivity index (χ3v) is 3.48. The summed E-state index contributed by atoms with van der Waals surface area (Å²) in [4.78, 5) is 0. The van der Waals surface area contributed by atoms with Gasteiger partial charge in [-0.2, -0.15) is 0 Å². The van der Waals surface area contributed by atoms with Crippen molar-refractivity contribution >= 4 is 27.3 Å². The summed E-state index contributed by atoms with van der Waals surface area (Å²) >= 11 is 5.92. The molecule has 0 atom stereocenters. The van der Waals surface area contributed by atoms with Crippen LogP contribution in [0.15, 0.2) is 22.7 Å². The summed E-state index contributed by atoms with van der Waals surface area (Å²) in [6.07, 6.45) is 1.06. The van der Waals surface area contributed by atoms with E-state index >= 15 is 0 Å². The van der Waals surface area contributed by atoms with Gasteiger partial charge in [0.25, 0.3) is 0 Å². The molecule has 2 aromatic rings. The first-order chi connectivity index (χ1) is 8.78. The molecule has 2 rings (SSSR count). The third kappa shape index (κ3) is 3.05. The van der Waals surface area contributed by atoms with Gasteiger partial charge in [0.15, 0.2) is 21.4 Å². The molecular formula is C11H10ClFN2O3S. The van der Waals surface area contributed by atoms with Crippen LogP contribution in [0.25, 0.3) is 11.1 Å². The molecule has 0 fully saturated rings. The molecule has 0 unspecified atom stereocenters. The smallest absolute Gasteiger partial charge is 0.175 e. The van der Waals surface area contributed by atoms with Crippen molar-refractivity contribution in [1.29, 1.82) is 0 Å². The van der Waals surface area contributed by atoms with Crippen LogP contribution in [0.4, 0.5) is 10.2 Å². The highest BCUT2D eigenvalue weighted by Gasteiger charge is 2.21. The normalized spacial score (nSPS) is 11.7. The molecule has 0 spiro atoms. The van der Waals surface area contributed by atoms with Gasteiger partial charge in [-0.25, -0.2) is 12.8 Å². The fraction of sp³-hybridized carbons (Fsp3) is 0.182. The summed E-state index contributed by atoms with van der Waals surface area (Å²) in [5.74, 6) is -0.783. The molecule has 1 aromatic heterocycles. The van der Waals surface area contributed by atoms with Crippen LogP contribution in [-0.4, -0.2) is 19.8 Å². The Morgan fingerprint density at radius 2 is 2.16 bits per heavy atom. The summed E-state index contributed by atoms with van der Waals surface area (Å²) in [6.45, 7) is 0. The van der Waals surface area contributed by atoms with Gasteiger partial charge in [-0.15, -0.1) is 0 Å². The van der Waals surface area contributed by atoms with E-state index in [2.05, 4.69) is 5.16 Å². The molecule has 5 nitrogen and oxygen atoms in total. The summed E-state index contributed by atoms with van der Waals surface area (Å²) < 4.78 is 40.5. The average molecular weight is 305 g/mol. The maximum Gasteiger partial charge on any atom is 0.175 e. The Hall–Kier alpha value is -1.60. The van der Waals surface area contributed by atoms with Crippen molar-refractivity contribution in [3.8, 4) is 11.1 Å². The van der Waals surface area contributed by atoms with Crippen molar-refractivity contribution < 1.29 is 17.3 Å². The van der Waals surface area contributed by atoms with E-state index < -0.39 is 15.7 Å². The lowest BCUT2D eigenvalue weighted by molar-refractivity contribution is 0.396.